The van der Waals surface area contributed by atoms with Gasteiger partial charge in [-0.3, -0.25) is 9.52 Å². The summed E-state index contributed by atoms with van der Waals surface area (Å²) in [7, 11) is -0.821. The van der Waals surface area contributed by atoms with Crippen molar-refractivity contribution < 1.29 is 22.7 Å². The second-order valence-electron chi connectivity index (χ2n) is 5.99. The summed E-state index contributed by atoms with van der Waals surface area (Å²) >= 11 is 7.05. The van der Waals surface area contributed by atoms with E-state index in [4.69, 9.17) is 21.1 Å². The number of sulfonamides is 1. The fraction of sp³-hybridized carbons (Fsp3) is 0.158. The third-order valence-corrected chi connectivity index (χ3v) is 6.45. The van der Waals surface area contributed by atoms with Crippen molar-refractivity contribution in [2.24, 2.45) is 0 Å². The van der Waals surface area contributed by atoms with E-state index in [0.29, 0.717) is 27.9 Å². The molecule has 0 radical (unpaired) electrons. The highest BCUT2D eigenvalue weighted by atomic mass is 35.5. The van der Waals surface area contributed by atoms with E-state index in [2.05, 4.69) is 15.0 Å². The number of nitrogens with zero attached hydrogens (tertiary/aromatic N) is 1. The molecule has 1 amide bonds. The predicted molar refractivity (Wildman–Crippen MR) is 116 cm³/mol. The number of thiazole rings is 1. The Labute approximate surface area is 182 Å². The number of rotatable bonds is 8. The van der Waals surface area contributed by atoms with Gasteiger partial charge < -0.3 is 14.8 Å². The summed E-state index contributed by atoms with van der Waals surface area (Å²) in [5.74, 6) is 0.678. The maximum absolute atomic E-state index is 12.5. The monoisotopic (exact) mass is 467 g/mol. The van der Waals surface area contributed by atoms with E-state index >= 15 is 0 Å². The molecule has 0 unspecified atom stereocenters. The predicted octanol–water partition coefficient (Wildman–Crippen LogP) is 3.80. The lowest BCUT2D eigenvalue weighted by Gasteiger charge is -2.10. The first-order valence-electron chi connectivity index (χ1n) is 8.55. The summed E-state index contributed by atoms with van der Waals surface area (Å²) in [4.78, 5) is 16.6. The summed E-state index contributed by atoms with van der Waals surface area (Å²) in [5, 5.41) is 4.94. The van der Waals surface area contributed by atoms with Gasteiger partial charge in [0.1, 0.15) is 11.5 Å². The molecule has 0 spiro atoms. The lowest BCUT2D eigenvalue weighted by atomic mass is 10.2. The summed E-state index contributed by atoms with van der Waals surface area (Å²) in [6, 6.07) is 10.8. The van der Waals surface area contributed by atoms with E-state index in [1.54, 1.807) is 35.7 Å². The van der Waals surface area contributed by atoms with Crippen molar-refractivity contribution in [3.8, 4) is 11.5 Å². The molecule has 0 bridgehead atoms. The molecule has 0 aliphatic rings. The molecule has 0 atom stereocenters. The third-order valence-electron chi connectivity index (χ3n) is 3.92. The van der Waals surface area contributed by atoms with Crippen LogP contribution < -0.4 is 19.5 Å². The number of carbonyl (C=O) groups is 1. The molecule has 0 fully saturated rings. The molecule has 0 aliphatic carbocycles. The molecular weight excluding hydrogens is 450 g/mol. The molecule has 1 aromatic heterocycles. The maximum Gasteiger partial charge on any atom is 0.263 e. The third kappa shape index (κ3) is 5.41. The van der Waals surface area contributed by atoms with Crippen LogP contribution >= 0.6 is 22.9 Å². The number of amides is 1. The van der Waals surface area contributed by atoms with Gasteiger partial charge in [-0.05, 0) is 42.5 Å². The molecular formula is C19H18ClN3O5S2. The van der Waals surface area contributed by atoms with E-state index in [1.807, 2.05) is 0 Å². The minimum absolute atomic E-state index is 0.0452. The van der Waals surface area contributed by atoms with Crippen molar-refractivity contribution in [2.45, 2.75) is 11.3 Å². The molecule has 1 heterocycles. The van der Waals surface area contributed by atoms with Crippen molar-refractivity contribution >= 4 is 49.7 Å². The molecule has 0 aliphatic heterocycles. The fourth-order valence-electron chi connectivity index (χ4n) is 2.50. The van der Waals surface area contributed by atoms with Crippen molar-refractivity contribution in [1.29, 1.82) is 0 Å². The SMILES string of the molecule is COc1ccc(S(=O)(=O)Nc2nc(CC(=O)Nc3cc(Cl)ccc3OC)cs2)cc1. The highest BCUT2D eigenvalue weighted by molar-refractivity contribution is 7.93. The van der Waals surface area contributed by atoms with Gasteiger partial charge in [-0.1, -0.05) is 11.6 Å². The average molecular weight is 468 g/mol. The number of nitrogens with one attached hydrogen (secondary N) is 2. The lowest BCUT2D eigenvalue weighted by Crippen LogP contribution is -2.16. The van der Waals surface area contributed by atoms with E-state index in [0.717, 1.165) is 11.3 Å². The first-order chi connectivity index (χ1) is 14.3. The Hall–Kier alpha value is -2.82. The van der Waals surface area contributed by atoms with Crippen LogP contribution in [0.1, 0.15) is 5.69 Å². The Morgan fingerprint density at radius 3 is 2.53 bits per heavy atom. The first-order valence-corrected chi connectivity index (χ1v) is 11.3. The van der Waals surface area contributed by atoms with Crippen LogP contribution in [-0.4, -0.2) is 33.5 Å². The number of ether oxygens (including phenoxy) is 2. The smallest absolute Gasteiger partial charge is 0.263 e. The van der Waals surface area contributed by atoms with Crippen molar-refractivity contribution in [2.75, 3.05) is 24.3 Å². The van der Waals surface area contributed by atoms with E-state index in [-0.39, 0.29) is 22.4 Å². The van der Waals surface area contributed by atoms with Crippen LogP contribution in [-0.2, 0) is 21.2 Å². The van der Waals surface area contributed by atoms with Crippen LogP contribution in [0.2, 0.25) is 5.02 Å². The molecule has 3 aromatic rings. The van der Waals surface area contributed by atoms with Crippen LogP contribution in [0.5, 0.6) is 11.5 Å². The van der Waals surface area contributed by atoms with Crippen LogP contribution in [0.25, 0.3) is 0 Å². The van der Waals surface area contributed by atoms with Crippen molar-refractivity contribution in [3.63, 3.8) is 0 Å². The largest absolute Gasteiger partial charge is 0.497 e. The van der Waals surface area contributed by atoms with E-state index in [1.165, 1.54) is 26.4 Å². The zero-order valence-corrected chi connectivity index (χ0v) is 18.4. The number of hydrogen-bond acceptors (Lipinski definition) is 7. The molecule has 0 saturated carbocycles. The fourth-order valence-corrected chi connectivity index (χ4v) is 4.64. The quantitative estimate of drug-likeness (QED) is 0.522. The highest BCUT2D eigenvalue weighted by Gasteiger charge is 2.17. The van der Waals surface area contributed by atoms with Crippen molar-refractivity contribution in [1.82, 2.24) is 4.98 Å². The first kappa shape index (κ1) is 21.9. The van der Waals surface area contributed by atoms with Gasteiger partial charge >= 0.3 is 0 Å². The number of hydrogen-bond donors (Lipinski definition) is 2. The number of halogens is 1. The Bertz CT molecular complexity index is 1150. The second-order valence-corrected chi connectivity index (χ2v) is 8.97. The second kappa shape index (κ2) is 9.33. The molecule has 3 rings (SSSR count). The summed E-state index contributed by atoms with van der Waals surface area (Å²) in [6.07, 6.45) is -0.0452. The molecule has 0 saturated heterocycles. The Kier molecular flexibility index (Phi) is 6.80. The molecule has 30 heavy (non-hydrogen) atoms. The van der Waals surface area contributed by atoms with Gasteiger partial charge in [0, 0.05) is 10.4 Å². The summed E-state index contributed by atoms with van der Waals surface area (Å²) in [5.41, 5.74) is 0.858. The van der Waals surface area contributed by atoms with Gasteiger partial charge in [0.15, 0.2) is 5.13 Å². The van der Waals surface area contributed by atoms with Crippen LogP contribution in [0.3, 0.4) is 0 Å². The van der Waals surface area contributed by atoms with Gasteiger partial charge in [0.2, 0.25) is 5.91 Å². The summed E-state index contributed by atoms with van der Waals surface area (Å²) in [6.45, 7) is 0. The van der Waals surface area contributed by atoms with Gasteiger partial charge in [0.25, 0.3) is 10.0 Å². The minimum Gasteiger partial charge on any atom is -0.497 e. The van der Waals surface area contributed by atoms with Crippen LogP contribution in [0.4, 0.5) is 10.8 Å². The van der Waals surface area contributed by atoms with Crippen LogP contribution in [0, 0.1) is 0 Å². The Morgan fingerprint density at radius 1 is 1.13 bits per heavy atom. The lowest BCUT2D eigenvalue weighted by molar-refractivity contribution is -0.115. The molecule has 11 heteroatoms. The van der Waals surface area contributed by atoms with Gasteiger partial charge in [-0.15, -0.1) is 11.3 Å². The number of carbonyl (C=O) groups excluding carboxylic acids is 1. The minimum atomic E-state index is -3.81. The standard InChI is InChI=1S/C19H18ClN3O5S2/c1-27-14-4-6-15(7-5-14)30(25,26)23-19-21-13(11-29-19)10-18(24)22-16-9-12(20)3-8-17(16)28-2/h3-9,11H,10H2,1-2H3,(H,21,23)(H,22,24). The number of anilines is 2. The number of methoxy groups -OCH3 is 2. The average Bonchev–Trinajstić information content (AvgIpc) is 3.14. The normalized spacial score (nSPS) is 11.0. The van der Waals surface area contributed by atoms with Crippen molar-refractivity contribution in [3.05, 3.63) is 58.6 Å². The van der Waals surface area contributed by atoms with Crippen LogP contribution in [0.15, 0.2) is 52.7 Å². The molecule has 2 N–H and O–H groups in total. The summed E-state index contributed by atoms with van der Waals surface area (Å²) < 4.78 is 37.6. The topological polar surface area (TPSA) is 107 Å². The number of benzene rings is 2. The van der Waals surface area contributed by atoms with Gasteiger partial charge in [-0.2, -0.15) is 0 Å². The Balaban J connectivity index is 1.66. The van der Waals surface area contributed by atoms with Gasteiger partial charge in [0.05, 0.1) is 36.9 Å². The molecule has 2 aromatic carbocycles. The maximum atomic E-state index is 12.5. The zero-order chi connectivity index (χ0) is 21.7. The number of aromatic nitrogens is 1. The Morgan fingerprint density at radius 2 is 1.87 bits per heavy atom. The van der Waals surface area contributed by atoms with E-state index in [9.17, 15) is 13.2 Å². The zero-order valence-electron chi connectivity index (χ0n) is 16.0. The molecule has 158 valence electrons. The van der Waals surface area contributed by atoms with E-state index < -0.39 is 10.0 Å². The van der Waals surface area contributed by atoms with Gasteiger partial charge in [-0.25, -0.2) is 13.4 Å². The molecule has 8 nitrogen and oxygen atoms in total. The highest BCUT2D eigenvalue weighted by Crippen LogP contribution is 2.28.